The summed E-state index contributed by atoms with van der Waals surface area (Å²) in [6.07, 6.45) is 6.20. The predicted molar refractivity (Wildman–Crippen MR) is 97.2 cm³/mol. The highest BCUT2D eigenvalue weighted by molar-refractivity contribution is 7.91. The zero-order valence-corrected chi connectivity index (χ0v) is 16.2. The molecule has 144 valence electrons. The Kier molecular flexibility index (Phi) is 6.39. The van der Waals surface area contributed by atoms with Crippen molar-refractivity contribution in [2.75, 3.05) is 44.3 Å². The maximum atomic E-state index is 13.1. The first-order valence-corrected chi connectivity index (χ1v) is 11.6. The number of ether oxygens (including phenoxy) is 1. The second-order valence-corrected chi connectivity index (χ2v) is 10.1. The molecule has 2 saturated heterocycles. The highest BCUT2D eigenvalue weighted by atomic mass is 32.2. The van der Waals surface area contributed by atoms with Crippen molar-refractivity contribution in [2.24, 2.45) is 5.92 Å². The monoisotopic (exact) mass is 372 g/mol. The summed E-state index contributed by atoms with van der Waals surface area (Å²) < 4.78 is 29.5. The molecule has 0 aromatic carbocycles. The van der Waals surface area contributed by atoms with Crippen molar-refractivity contribution in [3.05, 3.63) is 0 Å². The van der Waals surface area contributed by atoms with Crippen molar-refractivity contribution in [1.82, 2.24) is 9.80 Å². The maximum Gasteiger partial charge on any atom is 0.237 e. The van der Waals surface area contributed by atoms with Gasteiger partial charge in [0.25, 0.3) is 0 Å². The largest absolute Gasteiger partial charge is 0.376 e. The van der Waals surface area contributed by atoms with Gasteiger partial charge in [-0.05, 0) is 51.0 Å². The first kappa shape index (κ1) is 19.1. The molecular weight excluding hydrogens is 340 g/mol. The smallest absolute Gasteiger partial charge is 0.237 e. The Bertz CT molecular complexity index is 555. The van der Waals surface area contributed by atoms with Crippen LogP contribution in [0.25, 0.3) is 0 Å². The number of hydrogen-bond donors (Lipinski definition) is 0. The molecule has 3 fully saturated rings. The van der Waals surface area contributed by atoms with E-state index >= 15 is 0 Å². The summed E-state index contributed by atoms with van der Waals surface area (Å²) in [6, 6.07) is -0.175. The minimum absolute atomic E-state index is 0.0651. The van der Waals surface area contributed by atoms with Gasteiger partial charge in [0.05, 0.1) is 24.2 Å². The van der Waals surface area contributed by atoms with Crippen LogP contribution in [0.3, 0.4) is 0 Å². The lowest BCUT2D eigenvalue weighted by Crippen LogP contribution is -2.49. The van der Waals surface area contributed by atoms with Crippen LogP contribution < -0.4 is 0 Å². The molecule has 3 aliphatic rings. The van der Waals surface area contributed by atoms with E-state index in [1.807, 2.05) is 4.90 Å². The molecule has 1 amide bonds. The lowest BCUT2D eigenvalue weighted by Gasteiger charge is -2.33. The fourth-order valence-electron chi connectivity index (χ4n) is 3.98. The van der Waals surface area contributed by atoms with Crippen LogP contribution in [0.2, 0.25) is 0 Å². The molecule has 1 saturated carbocycles. The minimum Gasteiger partial charge on any atom is -0.376 e. The van der Waals surface area contributed by atoms with Gasteiger partial charge in [-0.1, -0.05) is 6.92 Å². The summed E-state index contributed by atoms with van der Waals surface area (Å²) in [7, 11) is -3.00. The van der Waals surface area contributed by atoms with Crippen LogP contribution >= 0.6 is 0 Å². The second-order valence-electron chi connectivity index (χ2n) is 7.92. The Labute approximate surface area is 151 Å². The average Bonchev–Trinajstić information content (AvgIpc) is 3.07. The average molecular weight is 373 g/mol. The first-order chi connectivity index (χ1) is 12.0. The molecule has 7 heteroatoms. The first-order valence-electron chi connectivity index (χ1n) is 9.80. The molecule has 0 spiro atoms. The highest BCUT2D eigenvalue weighted by Gasteiger charge is 2.37. The molecule has 0 aromatic rings. The van der Waals surface area contributed by atoms with Crippen LogP contribution in [-0.4, -0.2) is 80.6 Å². The summed E-state index contributed by atoms with van der Waals surface area (Å²) >= 11 is 0. The number of rotatable bonds is 9. The lowest BCUT2D eigenvalue weighted by molar-refractivity contribution is -0.136. The van der Waals surface area contributed by atoms with Gasteiger partial charge in [0.2, 0.25) is 5.91 Å². The van der Waals surface area contributed by atoms with Gasteiger partial charge in [-0.3, -0.25) is 9.69 Å². The molecule has 2 aliphatic heterocycles. The number of carbonyl (C=O) groups is 1. The molecule has 0 radical (unpaired) electrons. The van der Waals surface area contributed by atoms with Crippen LogP contribution in [0.1, 0.15) is 45.4 Å². The van der Waals surface area contributed by atoms with Crippen LogP contribution in [0, 0.1) is 5.92 Å². The van der Waals surface area contributed by atoms with E-state index in [0.29, 0.717) is 19.5 Å². The van der Waals surface area contributed by atoms with Crippen LogP contribution in [0.15, 0.2) is 0 Å². The molecule has 2 atom stereocenters. The van der Waals surface area contributed by atoms with Gasteiger partial charge in [-0.15, -0.1) is 0 Å². The number of hydrogen-bond acceptors (Lipinski definition) is 5. The SMILES string of the molecule is CCCN(CC(=O)N(CC1CCCO1)C1CCS(=O)(=O)C1)CC1CC1. The van der Waals surface area contributed by atoms with E-state index in [0.717, 1.165) is 44.9 Å². The van der Waals surface area contributed by atoms with Crippen LogP contribution in [0.4, 0.5) is 0 Å². The number of sulfone groups is 1. The third-order valence-electron chi connectivity index (χ3n) is 5.51. The van der Waals surface area contributed by atoms with Gasteiger partial charge in [0, 0.05) is 25.7 Å². The van der Waals surface area contributed by atoms with Crippen molar-refractivity contribution < 1.29 is 17.9 Å². The highest BCUT2D eigenvalue weighted by Crippen LogP contribution is 2.30. The Morgan fingerprint density at radius 1 is 1.16 bits per heavy atom. The van der Waals surface area contributed by atoms with E-state index < -0.39 is 9.84 Å². The lowest BCUT2D eigenvalue weighted by atomic mass is 10.1. The molecule has 1 aliphatic carbocycles. The Morgan fingerprint density at radius 2 is 1.96 bits per heavy atom. The zero-order valence-electron chi connectivity index (χ0n) is 15.4. The Hall–Kier alpha value is -0.660. The molecule has 3 rings (SSSR count). The third kappa shape index (κ3) is 5.66. The zero-order chi connectivity index (χ0) is 17.9. The Morgan fingerprint density at radius 3 is 2.52 bits per heavy atom. The topological polar surface area (TPSA) is 66.9 Å². The third-order valence-corrected chi connectivity index (χ3v) is 7.26. The van der Waals surface area contributed by atoms with Gasteiger partial charge in [-0.25, -0.2) is 8.42 Å². The predicted octanol–water partition coefficient (Wildman–Crippen LogP) is 1.30. The van der Waals surface area contributed by atoms with Gasteiger partial charge in [0.1, 0.15) is 0 Å². The van der Waals surface area contributed by atoms with E-state index in [-0.39, 0.29) is 29.6 Å². The number of carbonyl (C=O) groups excluding carboxylic acids is 1. The van der Waals surface area contributed by atoms with E-state index in [2.05, 4.69) is 11.8 Å². The number of amides is 1. The molecule has 2 heterocycles. The standard InChI is InChI=1S/C18H32N2O4S/c1-2-8-19(11-15-5-6-15)13-18(21)20(12-17-4-3-9-24-17)16-7-10-25(22,23)14-16/h15-17H,2-14H2,1H3. The molecular formula is C18H32N2O4S. The fraction of sp³-hybridized carbons (Fsp3) is 0.944. The van der Waals surface area contributed by atoms with Crippen molar-refractivity contribution in [3.63, 3.8) is 0 Å². The van der Waals surface area contributed by atoms with Crippen molar-refractivity contribution >= 4 is 15.7 Å². The van der Waals surface area contributed by atoms with Crippen molar-refractivity contribution in [3.8, 4) is 0 Å². The van der Waals surface area contributed by atoms with Gasteiger partial charge in [0.15, 0.2) is 9.84 Å². The minimum atomic E-state index is -3.00. The van der Waals surface area contributed by atoms with Gasteiger partial charge in [-0.2, -0.15) is 0 Å². The van der Waals surface area contributed by atoms with Crippen molar-refractivity contribution in [2.45, 2.75) is 57.6 Å². The summed E-state index contributed by atoms with van der Waals surface area (Å²) in [5.74, 6) is 1.14. The quantitative estimate of drug-likeness (QED) is 0.610. The molecule has 6 nitrogen and oxygen atoms in total. The second kappa shape index (κ2) is 8.35. The summed E-state index contributed by atoms with van der Waals surface area (Å²) in [5.41, 5.74) is 0. The van der Waals surface area contributed by atoms with Crippen LogP contribution in [0.5, 0.6) is 0 Å². The molecule has 2 unspecified atom stereocenters. The molecule has 0 bridgehead atoms. The summed E-state index contributed by atoms with van der Waals surface area (Å²) in [6.45, 7) is 5.77. The maximum absolute atomic E-state index is 13.1. The van der Waals surface area contributed by atoms with E-state index in [1.165, 1.54) is 12.8 Å². The van der Waals surface area contributed by atoms with Gasteiger partial charge >= 0.3 is 0 Å². The molecule has 0 N–H and O–H groups in total. The van der Waals surface area contributed by atoms with Crippen LogP contribution in [-0.2, 0) is 19.4 Å². The molecule has 0 aromatic heterocycles. The van der Waals surface area contributed by atoms with E-state index in [1.54, 1.807) is 0 Å². The summed E-state index contributed by atoms with van der Waals surface area (Å²) in [4.78, 5) is 17.1. The molecule has 25 heavy (non-hydrogen) atoms. The normalized spacial score (nSPS) is 28.6. The van der Waals surface area contributed by atoms with E-state index in [4.69, 9.17) is 4.74 Å². The van der Waals surface area contributed by atoms with Gasteiger partial charge < -0.3 is 9.64 Å². The fourth-order valence-corrected chi connectivity index (χ4v) is 5.71. The summed E-state index contributed by atoms with van der Waals surface area (Å²) in [5, 5.41) is 0. The van der Waals surface area contributed by atoms with E-state index in [9.17, 15) is 13.2 Å². The van der Waals surface area contributed by atoms with Crippen molar-refractivity contribution in [1.29, 1.82) is 0 Å². The Balaban J connectivity index is 1.64. The number of nitrogens with zero attached hydrogens (tertiary/aromatic N) is 2.